The van der Waals surface area contributed by atoms with Gasteiger partial charge < -0.3 is 9.64 Å². The molecule has 0 spiro atoms. The Morgan fingerprint density at radius 2 is 2.00 bits per heavy atom. The number of anilines is 1. The van der Waals surface area contributed by atoms with Crippen LogP contribution in [-0.4, -0.2) is 58.2 Å². The third-order valence-electron chi connectivity index (χ3n) is 4.62. The summed E-state index contributed by atoms with van der Waals surface area (Å²) < 4.78 is 6.09. The SMILES string of the molecule is c1cnc(N2CCN3C[C@H](OCc4cccnc4)C[C@H]3C2)nc1. The van der Waals surface area contributed by atoms with E-state index in [2.05, 4.69) is 30.8 Å². The van der Waals surface area contributed by atoms with Gasteiger partial charge in [-0.1, -0.05) is 6.07 Å². The first-order chi connectivity index (χ1) is 11.4. The summed E-state index contributed by atoms with van der Waals surface area (Å²) in [6.07, 6.45) is 8.66. The lowest BCUT2D eigenvalue weighted by Crippen LogP contribution is -2.50. The van der Waals surface area contributed by atoms with Gasteiger partial charge in [-0.25, -0.2) is 9.97 Å². The van der Waals surface area contributed by atoms with Crippen molar-refractivity contribution in [3.05, 3.63) is 48.5 Å². The van der Waals surface area contributed by atoms with Crippen molar-refractivity contribution in [1.82, 2.24) is 19.9 Å². The summed E-state index contributed by atoms with van der Waals surface area (Å²) in [5, 5.41) is 0. The van der Waals surface area contributed by atoms with E-state index in [1.54, 1.807) is 6.20 Å². The molecule has 0 bridgehead atoms. The molecule has 2 saturated heterocycles. The Kier molecular flexibility index (Phi) is 4.17. The molecule has 2 aromatic heterocycles. The van der Waals surface area contributed by atoms with Gasteiger partial charge in [0.1, 0.15) is 0 Å². The number of aromatic nitrogens is 3. The lowest BCUT2D eigenvalue weighted by Gasteiger charge is -2.37. The van der Waals surface area contributed by atoms with Crippen LogP contribution in [0.15, 0.2) is 43.0 Å². The molecule has 2 aromatic rings. The van der Waals surface area contributed by atoms with Crippen LogP contribution >= 0.6 is 0 Å². The van der Waals surface area contributed by atoms with Crippen LogP contribution in [0.1, 0.15) is 12.0 Å². The number of ether oxygens (including phenoxy) is 1. The molecule has 2 aliphatic rings. The Labute approximate surface area is 136 Å². The highest BCUT2D eigenvalue weighted by Crippen LogP contribution is 2.26. The topological polar surface area (TPSA) is 54.4 Å². The van der Waals surface area contributed by atoms with Crippen LogP contribution in [0, 0.1) is 0 Å². The zero-order valence-electron chi connectivity index (χ0n) is 13.1. The Morgan fingerprint density at radius 1 is 1.09 bits per heavy atom. The minimum Gasteiger partial charge on any atom is -0.372 e. The Bertz CT molecular complexity index is 623. The monoisotopic (exact) mass is 311 g/mol. The molecular weight excluding hydrogens is 290 g/mol. The van der Waals surface area contributed by atoms with Gasteiger partial charge >= 0.3 is 0 Å². The van der Waals surface area contributed by atoms with Gasteiger partial charge in [-0.3, -0.25) is 9.88 Å². The number of pyridine rings is 1. The second kappa shape index (κ2) is 6.60. The average Bonchev–Trinajstić information content (AvgIpc) is 3.04. The van der Waals surface area contributed by atoms with Gasteiger partial charge in [0.05, 0.1) is 12.7 Å². The van der Waals surface area contributed by atoms with Crippen LogP contribution in [0.4, 0.5) is 5.95 Å². The van der Waals surface area contributed by atoms with Gasteiger partial charge in [-0.2, -0.15) is 0 Å². The molecule has 0 amide bonds. The summed E-state index contributed by atoms with van der Waals surface area (Å²) in [7, 11) is 0. The standard InChI is InChI=1S/C17H21N5O/c1-3-14(10-18-4-1)13-23-16-9-15-11-22(8-7-21(15)12-16)17-19-5-2-6-20-17/h1-6,10,15-16H,7-9,11-13H2/t15-,16+/m0/s1. The molecule has 0 saturated carbocycles. The molecule has 6 nitrogen and oxygen atoms in total. The molecule has 0 N–H and O–H groups in total. The number of hydrogen-bond acceptors (Lipinski definition) is 6. The van der Waals surface area contributed by atoms with Crippen molar-refractivity contribution < 1.29 is 4.74 Å². The zero-order valence-corrected chi connectivity index (χ0v) is 13.1. The summed E-state index contributed by atoms with van der Waals surface area (Å²) in [6.45, 7) is 4.68. The molecule has 2 fully saturated rings. The van der Waals surface area contributed by atoms with Crippen molar-refractivity contribution in [3.8, 4) is 0 Å². The highest BCUT2D eigenvalue weighted by atomic mass is 16.5. The van der Waals surface area contributed by atoms with E-state index in [0.29, 0.717) is 18.8 Å². The molecule has 2 aliphatic heterocycles. The van der Waals surface area contributed by atoms with E-state index in [1.165, 1.54) is 0 Å². The fourth-order valence-corrected chi connectivity index (χ4v) is 3.45. The number of nitrogens with zero attached hydrogens (tertiary/aromatic N) is 5. The lowest BCUT2D eigenvalue weighted by atomic mass is 10.1. The fraction of sp³-hybridized carbons (Fsp3) is 0.471. The van der Waals surface area contributed by atoms with Crippen LogP contribution in [0.5, 0.6) is 0 Å². The van der Waals surface area contributed by atoms with Crippen molar-refractivity contribution in [2.45, 2.75) is 25.2 Å². The van der Waals surface area contributed by atoms with Crippen molar-refractivity contribution in [2.75, 3.05) is 31.1 Å². The molecule has 23 heavy (non-hydrogen) atoms. The van der Waals surface area contributed by atoms with Crippen molar-refractivity contribution in [2.24, 2.45) is 0 Å². The Balaban J connectivity index is 1.33. The predicted molar refractivity (Wildman–Crippen MR) is 87.0 cm³/mol. The van der Waals surface area contributed by atoms with Gasteiger partial charge in [0, 0.05) is 57.0 Å². The molecule has 4 heterocycles. The quantitative estimate of drug-likeness (QED) is 0.849. The molecule has 0 radical (unpaired) electrons. The maximum absolute atomic E-state index is 6.09. The van der Waals surface area contributed by atoms with Crippen LogP contribution in [0.25, 0.3) is 0 Å². The van der Waals surface area contributed by atoms with Gasteiger partial charge in [0.2, 0.25) is 5.95 Å². The minimum atomic E-state index is 0.303. The summed E-state index contributed by atoms with van der Waals surface area (Å²) in [5.74, 6) is 0.840. The van der Waals surface area contributed by atoms with Gasteiger partial charge in [-0.15, -0.1) is 0 Å². The number of fused-ring (bicyclic) bond motifs is 1. The molecule has 6 heteroatoms. The van der Waals surface area contributed by atoms with E-state index in [1.807, 2.05) is 30.7 Å². The van der Waals surface area contributed by atoms with Crippen LogP contribution in [0.2, 0.25) is 0 Å². The molecule has 4 rings (SSSR count). The van der Waals surface area contributed by atoms with Crippen molar-refractivity contribution in [3.63, 3.8) is 0 Å². The molecule has 0 aromatic carbocycles. The Morgan fingerprint density at radius 3 is 2.83 bits per heavy atom. The fourth-order valence-electron chi connectivity index (χ4n) is 3.45. The average molecular weight is 311 g/mol. The first-order valence-corrected chi connectivity index (χ1v) is 8.15. The number of piperazine rings is 1. The summed E-state index contributed by atoms with van der Waals surface area (Å²) in [6, 6.07) is 6.40. The van der Waals surface area contributed by atoms with Gasteiger partial charge in [0.25, 0.3) is 0 Å². The third-order valence-corrected chi connectivity index (χ3v) is 4.62. The summed E-state index contributed by atoms with van der Waals surface area (Å²) in [4.78, 5) is 17.7. The number of rotatable bonds is 4. The molecule has 0 aliphatic carbocycles. The van der Waals surface area contributed by atoms with E-state index in [-0.39, 0.29) is 0 Å². The predicted octanol–water partition coefficient (Wildman–Crippen LogP) is 1.35. The molecule has 120 valence electrons. The highest BCUT2D eigenvalue weighted by molar-refractivity contribution is 5.30. The smallest absolute Gasteiger partial charge is 0.225 e. The summed E-state index contributed by atoms with van der Waals surface area (Å²) in [5.41, 5.74) is 1.14. The maximum atomic E-state index is 6.09. The second-order valence-electron chi connectivity index (χ2n) is 6.17. The first kappa shape index (κ1) is 14.5. The van der Waals surface area contributed by atoms with E-state index >= 15 is 0 Å². The van der Waals surface area contributed by atoms with Crippen LogP contribution in [-0.2, 0) is 11.3 Å². The zero-order chi connectivity index (χ0) is 15.5. The van der Waals surface area contributed by atoms with E-state index in [4.69, 9.17) is 4.74 Å². The van der Waals surface area contributed by atoms with Crippen molar-refractivity contribution in [1.29, 1.82) is 0 Å². The second-order valence-corrected chi connectivity index (χ2v) is 6.17. The Hall–Kier alpha value is -2.05. The molecule has 2 atom stereocenters. The van der Waals surface area contributed by atoms with E-state index < -0.39 is 0 Å². The third kappa shape index (κ3) is 3.33. The summed E-state index contributed by atoms with van der Waals surface area (Å²) >= 11 is 0. The van der Waals surface area contributed by atoms with E-state index in [9.17, 15) is 0 Å². The minimum absolute atomic E-state index is 0.303. The first-order valence-electron chi connectivity index (χ1n) is 8.15. The van der Waals surface area contributed by atoms with E-state index in [0.717, 1.165) is 44.1 Å². The highest BCUT2D eigenvalue weighted by Gasteiger charge is 2.37. The number of hydrogen-bond donors (Lipinski definition) is 0. The molecule has 0 unspecified atom stereocenters. The molecular formula is C17H21N5O. The van der Waals surface area contributed by atoms with Crippen LogP contribution < -0.4 is 4.90 Å². The van der Waals surface area contributed by atoms with Crippen LogP contribution in [0.3, 0.4) is 0 Å². The van der Waals surface area contributed by atoms with Crippen molar-refractivity contribution >= 4 is 5.95 Å². The normalized spacial score (nSPS) is 24.6. The maximum Gasteiger partial charge on any atom is 0.225 e. The largest absolute Gasteiger partial charge is 0.372 e. The van der Waals surface area contributed by atoms with Gasteiger partial charge in [-0.05, 0) is 24.1 Å². The van der Waals surface area contributed by atoms with Gasteiger partial charge in [0.15, 0.2) is 0 Å². The lowest BCUT2D eigenvalue weighted by molar-refractivity contribution is 0.0468.